The minimum Gasteiger partial charge on any atom is -0.495 e. The lowest BCUT2D eigenvalue weighted by molar-refractivity contribution is 0.401. The molecule has 0 aliphatic rings. The van der Waals surface area contributed by atoms with Crippen LogP contribution < -0.4 is 9.46 Å². The first-order valence-corrected chi connectivity index (χ1v) is 8.10. The number of aryl methyl sites for hydroxylation is 1. The van der Waals surface area contributed by atoms with Crippen molar-refractivity contribution < 1.29 is 17.6 Å². The van der Waals surface area contributed by atoms with Gasteiger partial charge in [-0.3, -0.25) is 0 Å². The van der Waals surface area contributed by atoms with Gasteiger partial charge in [-0.05, 0) is 43.7 Å². The molecule has 0 fully saturated rings. The summed E-state index contributed by atoms with van der Waals surface area (Å²) in [5.74, 6) is 1.07. The van der Waals surface area contributed by atoms with Crippen molar-refractivity contribution in [3.63, 3.8) is 0 Å². The summed E-state index contributed by atoms with van der Waals surface area (Å²) in [6.07, 6.45) is 2.06. The van der Waals surface area contributed by atoms with E-state index < -0.39 is 10.0 Å². The highest BCUT2D eigenvalue weighted by Gasteiger charge is 2.22. The Labute approximate surface area is 125 Å². The second-order valence-electron chi connectivity index (χ2n) is 4.96. The molecule has 1 unspecified atom stereocenters. The molecule has 0 aliphatic heterocycles. The second-order valence-corrected chi connectivity index (χ2v) is 6.64. The Balaban J connectivity index is 2.20. The zero-order valence-electron chi connectivity index (χ0n) is 12.3. The Morgan fingerprint density at radius 2 is 2.10 bits per heavy atom. The van der Waals surface area contributed by atoms with E-state index in [9.17, 15) is 8.42 Å². The van der Waals surface area contributed by atoms with Gasteiger partial charge >= 0.3 is 0 Å². The lowest BCUT2D eigenvalue weighted by Crippen LogP contribution is -2.34. The predicted molar refractivity (Wildman–Crippen MR) is 79.9 cm³/mol. The maximum Gasteiger partial charge on any atom is 0.244 e. The van der Waals surface area contributed by atoms with Gasteiger partial charge in [-0.15, -0.1) is 0 Å². The van der Waals surface area contributed by atoms with Crippen LogP contribution in [-0.2, 0) is 16.4 Å². The van der Waals surface area contributed by atoms with Crippen molar-refractivity contribution in [2.45, 2.75) is 31.2 Å². The summed E-state index contributed by atoms with van der Waals surface area (Å²) in [5.41, 5.74) is 0.856. The Bertz CT molecular complexity index is 692. The molecule has 1 aromatic carbocycles. The van der Waals surface area contributed by atoms with Gasteiger partial charge in [-0.1, -0.05) is 6.07 Å². The molecule has 114 valence electrons. The first-order valence-electron chi connectivity index (χ1n) is 6.61. The fourth-order valence-corrected chi connectivity index (χ4v) is 3.59. The molecule has 2 rings (SSSR count). The Morgan fingerprint density at radius 3 is 2.71 bits per heavy atom. The Morgan fingerprint density at radius 1 is 1.33 bits per heavy atom. The van der Waals surface area contributed by atoms with E-state index in [1.165, 1.54) is 7.11 Å². The monoisotopic (exact) mass is 309 g/mol. The van der Waals surface area contributed by atoms with Crippen molar-refractivity contribution in [2.75, 3.05) is 7.11 Å². The molecule has 2 aromatic rings. The fourth-order valence-electron chi connectivity index (χ4n) is 2.09. The molecule has 0 saturated carbocycles. The third kappa shape index (κ3) is 3.86. The number of hydrogen-bond acceptors (Lipinski definition) is 4. The average molecular weight is 309 g/mol. The molecule has 0 bridgehead atoms. The number of benzene rings is 1. The van der Waals surface area contributed by atoms with Crippen LogP contribution in [0.15, 0.2) is 45.9 Å². The topological polar surface area (TPSA) is 68.5 Å². The van der Waals surface area contributed by atoms with Crippen molar-refractivity contribution in [3.05, 3.63) is 47.9 Å². The second kappa shape index (κ2) is 6.32. The quantitative estimate of drug-likeness (QED) is 0.890. The van der Waals surface area contributed by atoms with Crippen LogP contribution in [0.2, 0.25) is 0 Å². The molecule has 6 heteroatoms. The van der Waals surface area contributed by atoms with Crippen LogP contribution >= 0.6 is 0 Å². The molecule has 0 saturated heterocycles. The molecule has 1 atom stereocenters. The normalized spacial score (nSPS) is 13.1. The average Bonchev–Trinajstić information content (AvgIpc) is 2.90. The van der Waals surface area contributed by atoms with Gasteiger partial charge in [0.05, 0.1) is 13.4 Å². The molecular weight excluding hydrogens is 290 g/mol. The van der Waals surface area contributed by atoms with Gasteiger partial charge in [0.15, 0.2) is 0 Å². The van der Waals surface area contributed by atoms with E-state index >= 15 is 0 Å². The molecular formula is C15H19NO4S. The van der Waals surface area contributed by atoms with Gasteiger partial charge in [0.1, 0.15) is 16.4 Å². The number of rotatable bonds is 6. The summed E-state index contributed by atoms with van der Waals surface area (Å²) in [4.78, 5) is 0.149. The van der Waals surface area contributed by atoms with Crippen molar-refractivity contribution in [1.82, 2.24) is 4.72 Å². The standard InChI is InChI=1S/C15H19NO4S/c1-11-6-7-14(19-3)15(9-11)21(17,18)16-12(2)10-13-5-4-8-20-13/h4-9,12,16H,10H2,1-3H3. The maximum atomic E-state index is 12.5. The fraction of sp³-hybridized carbons (Fsp3) is 0.333. The lowest BCUT2D eigenvalue weighted by atomic mass is 10.2. The maximum absolute atomic E-state index is 12.5. The largest absolute Gasteiger partial charge is 0.495 e. The van der Waals surface area contributed by atoms with Gasteiger partial charge in [0, 0.05) is 12.5 Å². The van der Waals surface area contributed by atoms with E-state index in [1.807, 2.05) is 19.1 Å². The predicted octanol–water partition coefficient (Wildman–Crippen LogP) is 2.51. The minimum atomic E-state index is -3.64. The molecule has 0 radical (unpaired) electrons. The lowest BCUT2D eigenvalue weighted by Gasteiger charge is -2.15. The number of methoxy groups -OCH3 is 1. The first-order chi connectivity index (χ1) is 9.92. The summed E-state index contributed by atoms with van der Waals surface area (Å²) in [7, 11) is -2.19. The van der Waals surface area contributed by atoms with E-state index in [4.69, 9.17) is 9.15 Å². The minimum absolute atomic E-state index is 0.149. The van der Waals surface area contributed by atoms with Gasteiger partial charge in [-0.2, -0.15) is 0 Å². The Kier molecular flexibility index (Phi) is 4.69. The summed E-state index contributed by atoms with van der Waals surface area (Å²) >= 11 is 0. The van der Waals surface area contributed by atoms with E-state index in [0.29, 0.717) is 12.2 Å². The smallest absolute Gasteiger partial charge is 0.244 e. The molecule has 5 nitrogen and oxygen atoms in total. The third-order valence-corrected chi connectivity index (χ3v) is 4.66. The highest BCUT2D eigenvalue weighted by molar-refractivity contribution is 7.89. The van der Waals surface area contributed by atoms with Crippen LogP contribution in [-0.4, -0.2) is 21.6 Å². The van der Waals surface area contributed by atoms with E-state index in [-0.39, 0.29) is 10.9 Å². The summed E-state index contributed by atoms with van der Waals surface area (Å²) in [6.45, 7) is 3.63. The molecule has 0 amide bonds. The van der Waals surface area contributed by atoms with E-state index in [1.54, 1.807) is 31.4 Å². The van der Waals surface area contributed by atoms with Gasteiger partial charge in [0.25, 0.3) is 0 Å². The zero-order valence-corrected chi connectivity index (χ0v) is 13.1. The zero-order chi connectivity index (χ0) is 15.5. The van der Waals surface area contributed by atoms with Gasteiger partial charge in [-0.25, -0.2) is 13.1 Å². The van der Waals surface area contributed by atoms with Crippen LogP contribution in [0.3, 0.4) is 0 Å². The van der Waals surface area contributed by atoms with Crippen LogP contribution in [0.5, 0.6) is 5.75 Å². The summed E-state index contributed by atoms with van der Waals surface area (Å²) in [5, 5.41) is 0. The number of furan rings is 1. The highest BCUT2D eigenvalue weighted by atomic mass is 32.2. The molecule has 1 heterocycles. The molecule has 0 aliphatic carbocycles. The van der Waals surface area contributed by atoms with Crippen LogP contribution in [0, 0.1) is 6.92 Å². The van der Waals surface area contributed by atoms with E-state index in [0.717, 1.165) is 11.3 Å². The SMILES string of the molecule is COc1ccc(C)cc1S(=O)(=O)NC(C)Cc1ccco1. The molecule has 1 aromatic heterocycles. The van der Waals surface area contributed by atoms with Gasteiger partial charge in [0.2, 0.25) is 10.0 Å². The van der Waals surface area contributed by atoms with Crippen molar-refractivity contribution in [2.24, 2.45) is 0 Å². The molecule has 0 spiro atoms. The van der Waals surface area contributed by atoms with E-state index in [2.05, 4.69) is 4.72 Å². The van der Waals surface area contributed by atoms with Crippen molar-refractivity contribution >= 4 is 10.0 Å². The highest BCUT2D eigenvalue weighted by Crippen LogP contribution is 2.24. The number of ether oxygens (including phenoxy) is 1. The van der Waals surface area contributed by atoms with Crippen LogP contribution in [0.4, 0.5) is 0 Å². The van der Waals surface area contributed by atoms with Gasteiger partial charge < -0.3 is 9.15 Å². The molecule has 1 N–H and O–H groups in total. The third-order valence-electron chi connectivity index (χ3n) is 3.05. The number of sulfonamides is 1. The summed E-state index contributed by atoms with van der Waals surface area (Å²) in [6, 6.07) is 8.37. The Hall–Kier alpha value is -1.79. The van der Waals surface area contributed by atoms with Crippen molar-refractivity contribution in [3.8, 4) is 5.75 Å². The first kappa shape index (κ1) is 15.6. The number of hydrogen-bond donors (Lipinski definition) is 1. The molecule has 21 heavy (non-hydrogen) atoms. The summed E-state index contributed by atoms with van der Waals surface area (Å²) < 4.78 is 38.0. The number of nitrogens with one attached hydrogen (secondary N) is 1. The van der Waals surface area contributed by atoms with Crippen LogP contribution in [0.25, 0.3) is 0 Å². The van der Waals surface area contributed by atoms with Crippen molar-refractivity contribution in [1.29, 1.82) is 0 Å². The van der Waals surface area contributed by atoms with Crippen LogP contribution in [0.1, 0.15) is 18.2 Å².